The SMILES string of the molecule is COc1ccccc1N1CCN(CC2CCCCC2O)CC1. The van der Waals surface area contributed by atoms with Gasteiger partial charge in [0.2, 0.25) is 0 Å². The van der Waals surface area contributed by atoms with Gasteiger partial charge >= 0.3 is 0 Å². The first-order chi connectivity index (χ1) is 10.8. The van der Waals surface area contributed by atoms with Crippen LogP contribution in [-0.2, 0) is 0 Å². The fourth-order valence-corrected chi connectivity index (χ4v) is 3.80. The number of piperazine rings is 1. The minimum Gasteiger partial charge on any atom is -0.495 e. The maximum Gasteiger partial charge on any atom is 0.142 e. The number of methoxy groups -OCH3 is 1. The van der Waals surface area contributed by atoms with E-state index < -0.39 is 0 Å². The van der Waals surface area contributed by atoms with Crippen LogP contribution < -0.4 is 9.64 Å². The van der Waals surface area contributed by atoms with E-state index in [1.807, 2.05) is 12.1 Å². The monoisotopic (exact) mass is 304 g/mol. The Labute approximate surface area is 133 Å². The summed E-state index contributed by atoms with van der Waals surface area (Å²) in [5, 5.41) is 10.1. The highest BCUT2D eigenvalue weighted by molar-refractivity contribution is 5.58. The Balaban J connectivity index is 1.54. The summed E-state index contributed by atoms with van der Waals surface area (Å²) < 4.78 is 5.47. The molecule has 0 bridgehead atoms. The zero-order valence-corrected chi connectivity index (χ0v) is 13.6. The first-order valence-corrected chi connectivity index (χ1v) is 8.56. The van der Waals surface area contributed by atoms with Gasteiger partial charge < -0.3 is 14.7 Å². The van der Waals surface area contributed by atoms with Crippen molar-refractivity contribution in [2.24, 2.45) is 5.92 Å². The number of benzene rings is 1. The van der Waals surface area contributed by atoms with Crippen LogP contribution in [0.4, 0.5) is 5.69 Å². The molecule has 122 valence electrons. The molecule has 1 aliphatic heterocycles. The third-order valence-corrected chi connectivity index (χ3v) is 5.16. The molecule has 1 heterocycles. The molecule has 1 N–H and O–H groups in total. The first-order valence-electron chi connectivity index (χ1n) is 8.56. The summed E-state index contributed by atoms with van der Waals surface area (Å²) in [5.41, 5.74) is 1.20. The van der Waals surface area contributed by atoms with Crippen LogP contribution in [0.1, 0.15) is 25.7 Å². The lowest BCUT2D eigenvalue weighted by Crippen LogP contribution is -2.49. The quantitative estimate of drug-likeness (QED) is 0.926. The number of rotatable bonds is 4. The van der Waals surface area contributed by atoms with Crippen LogP contribution in [0.3, 0.4) is 0 Å². The number of para-hydroxylation sites is 2. The van der Waals surface area contributed by atoms with E-state index in [4.69, 9.17) is 4.74 Å². The molecule has 2 unspecified atom stereocenters. The predicted octanol–water partition coefficient (Wildman–Crippen LogP) is 2.37. The van der Waals surface area contributed by atoms with E-state index in [1.54, 1.807) is 7.11 Å². The minimum atomic E-state index is -0.0824. The summed E-state index contributed by atoms with van der Waals surface area (Å²) in [4.78, 5) is 4.93. The van der Waals surface area contributed by atoms with Crippen molar-refractivity contribution in [3.8, 4) is 5.75 Å². The van der Waals surface area contributed by atoms with Gasteiger partial charge in [-0.15, -0.1) is 0 Å². The summed E-state index contributed by atoms with van der Waals surface area (Å²) in [7, 11) is 1.74. The van der Waals surface area contributed by atoms with Gasteiger partial charge in [-0.25, -0.2) is 0 Å². The molecule has 4 heteroatoms. The highest BCUT2D eigenvalue weighted by atomic mass is 16.5. The fourth-order valence-electron chi connectivity index (χ4n) is 3.80. The van der Waals surface area contributed by atoms with Crippen molar-refractivity contribution in [3.63, 3.8) is 0 Å². The van der Waals surface area contributed by atoms with Gasteiger partial charge in [0.15, 0.2) is 0 Å². The van der Waals surface area contributed by atoms with Crippen molar-refractivity contribution < 1.29 is 9.84 Å². The summed E-state index contributed by atoms with van der Waals surface area (Å²) in [6, 6.07) is 8.26. The van der Waals surface area contributed by atoms with E-state index in [9.17, 15) is 5.11 Å². The number of hydrogen-bond acceptors (Lipinski definition) is 4. The molecule has 1 aliphatic carbocycles. The average molecular weight is 304 g/mol. The van der Waals surface area contributed by atoms with Crippen molar-refractivity contribution in [3.05, 3.63) is 24.3 Å². The van der Waals surface area contributed by atoms with Crippen molar-refractivity contribution in [2.75, 3.05) is 44.7 Å². The van der Waals surface area contributed by atoms with Crippen LogP contribution in [0.15, 0.2) is 24.3 Å². The molecule has 2 fully saturated rings. The van der Waals surface area contributed by atoms with Gasteiger partial charge in [-0.3, -0.25) is 4.90 Å². The molecule has 1 saturated carbocycles. The number of hydrogen-bond donors (Lipinski definition) is 1. The first kappa shape index (κ1) is 15.6. The Morgan fingerprint density at radius 1 is 1.09 bits per heavy atom. The molecular formula is C18H28N2O2. The molecule has 0 radical (unpaired) electrons. The van der Waals surface area contributed by atoms with Crippen LogP contribution in [0, 0.1) is 5.92 Å². The van der Waals surface area contributed by atoms with Gasteiger partial charge in [0.05, 0.1) is 18.9 Å². The molecule has 3 rings (SSSR count). The van der Waals surface area contributed by atoms with Crippen LogP contribution >= 0.6 is 0 Å². The molecule has 0 spiro atoms. The summed E-state index contributed by atoms with van der Waals surface area (Å²) in [5.74, 6) is 1.44. The third-order valence-electron chi connectivity index (χ3n) is 5.16. The van der Waals surface area contributed by atoms with Gasteiger partial charge in [-0.2, -0.15) is 0 Å². The zero-order valence-electron chi connectivity index (χ0n) is 13.6. The van der Waals surface area contributed by atoms with Crippen molar-refractivity contribution in [1.29, 1.82) is 0 Å². The lowest BCUT2D eigenvalue weighted by atomic mass is 9.86. The number of nitrogens with zero attached hydrogens (tertiary/aromatic N) is 2. The second-order valence-corrected chi connectivity index (χ2v) is 6.57. The Hall–Kier alpha value is -1.26. The Kier molecular flexibility index (Phi) is 5.21. The van der Waals surface area contributed by atoms with Gasteiger partial charge in [0.25, 0.3) is 0 Å². The topological polar surface area (TPSA) is 35.9 Å². The van der Waals surface area contributed by atoms with Crippen LogP contribution in [0.2, 0.25) is 0 Å². The minimum absolute atomic E-state index is 0.0824. The Morgan fingerprint density at radius 2 is 1.82 bits per heavy atom. The molecule has 22 heavy (non-hydrogen) atoms. The van der Waals surface area contributed by atoms with E-state index in [0.29, 0.717) is 5.92 Å². The molecule has 0 amide bonds. The molecule has 2 atom stereocenters. The van der Waals surface area contributed by atoms with Crippen molar-refractivity contribution >= 4 is 5.69 Å². The highest BCUT2D eigenvalue weighted by Gasteiger charge is 2.27. The van der Waals surface area contributed by atoms with Gasteiger partial charge in [0, 0.05) is 32.7 Å². The van der Waals surface area contributed by atoms with E-state index in [-0.39, 0.29) is 6.10 Å². The second-order valence-electron chi connectivity index (χ2n) is 6.57. The molecule has 1 aromatic rings. The maximum atomic E-state index is 10.1. The fraction of sp³-hybridized carbons (Fsp3) is 0.667. The largest absolute Gasteiger partial charge is 0.495 e. The summed E-state index contributed by atoms with van der Waals surface area (Å²) >= 11 is 0. The van der Waals surface area contributed by atoms with E-state index in [0.717, 1.165) is 44.9 Å². The maximum absolute atomic E-state index is 10.1. The van der Waals surface area contributed by atoms with Gasteiger partial charge in [-0.1, -0.05) is 25.0 Å². The third kappa shape index (κ3) is 3.55. The van der Waals surface area contributed by atoms with E-state index >= 15 is 0 Å². The number of aliphatic hydroxyl groups excluding tert-OH is 1. The average Bonchev–Trinajstić information content (AvgIpc) is 2.58. The zero-order chi connectivity index (χ0) is 15.4. The van der Waals surface area contributed by atoms with E-state index in [2.05, 4.69) is 21.9 Å². The molecule has 2 aliphatic rings. The standard InChI is InChI=1S/C18H28N2O2/c1-22-18-9-5-3-7-16(18)20-12-10-19(11-13-20)14-15-6-2-4-8-17(15)21/h3,5,7,9,15,17,21H,2,4,6,8,10-14H2,1H3. The molecule has 1 saturated heterocycles. The predicted molar refractivity (Wildman–Crippen MR) is 89.6 cm³/mol. The van der Waals surface area contributed by atoms with Crippen molar-refractivity contribution in [1.82, 2.24) is 4.90 Å². The lowest BCUT2D eigenvalue weighted by Gasteiger charge is -2.39. The smallest absolute Gasteiger partial charge is 0.142 e. The number of ether oxygens (including phenoxy) is 1. The highest BCUT2D eigenvalue weighted by Crippen LogP contribution is 2.29. The molecular weight excluding hydrogens is 276 g/mol. The molecule has 4 nitrogen and oxygen atoms in total. The van der Waals surface area contributed by atoms with Gasteiger partial charge in [-0.05, 0) is 30.9 Å². The van der Waals surface area contributed by atoms with Gasteiger partial charge in [0.1, 0.15) is 5.75 Å². The molecule has 0 aromatic heterocycles. The van der Waals surface area contributed by atoms with E-state index in [1.165, 1.54) is 24.9 Å². The second kappa shape index (κ2) is 7.34. The summed E-state index contributed by atoms with van der Waals surface area (Å²) in [6.07, 6.45) is 4.57. The van der Waals surface area contributed by atoms with Crippen LogP contribution in [0.5, 0.6) is 5.75 Å². The lowest BCUT2D eigenvalue weighted by molar-refractivity contribution is 0.0453. The molecule has 1 aromatic carbocycles. The normalized spacial score (nSPS) is 26.9. The van der Waals surface area contributed by atoms with Crippen molar-refractivity contribution in [2.45, 2.75) is 31.8 Å². The summed E-state index contributed by atoms with van der Waals surface area (Å²) in [6.45, 7) is 5.26. The van der Waals surface area contributed by atoms with Crippen LogP contribution in [-0.4, -0.2) is 55.9 Å². The Morgan fingerprint density at radius 3 is 2.55 bits per heavy atom. The number of aliphatic hydroxyl groups is 1. The van der Waals surface area contributed by atoms with Crippen LogP contribution in [0.25, 0.3) is 0 Å². The Bertz CT molecular complexity index is 472. The number of anilines is 1.